The molecule has 2 aliphatic heterocycles. The molecule has 2 aromatic rings. The molecule has 6 nitrogen and oxygen atoms in total. The van der Waals surface area contributed by atoms with E-state index in [1.807, 2.05) is 23.1 Å². The van der Waals surface area contributed by atoms with Crippen molar-refractivity contribution in [3.63, 3.8) is 0 Å². The molecule has 1 saturated carbocycles. The van der Waals surface area contributed by atoms with E-state index in [0.29, 0.717) is 44.9 Å². The molecule has 0 amide bonds. The van der Waals surface area contributed by atoms with Gasteiger partial charge in [0.25, 0.3) is 0 Å². The van der Waals surface area contributed by atoms with Crippen molar-refractivity contribution >= 4 is 11.8 Å². The molecule has 1 aliphatic carbocycles. The number of alkyl halides is 2. The Morgan fingerprint density at radius 2 is 2.14 bits per heavy atom. The summed E-state index contributed by atoms with van der Waals surface area (Å²) in [5, 5.41) is 3.31. The van der Waals surface area contributed by atoms with Crippen LogP contribution in [0.3, 0.4) is 0 Å². The summed E-state index contributed by atoms with van der Waals surface area (Å²) < 4.78 is 35.4. The second kappa shape index (κ2) is 11.4. The molecule has 4 heterocycles. The maximum atomic E-state index is 15.0. The molecular formula is C29H38F2N4O2. The predicted molar refractivity (Wildman–Crippen MR) is 139 cm³/mol. The number of anilines is 1. The first-order valence-corrected chi connectivity index (χ1v) is 13.9. The van der Waals surface area contributed by atoms with Crippen molar-refractivity contribution in [2.24, 2.45) is 5.92 Å². The molecule has 8 heteroatoms. The van der Waals surface area contributed by atoms with Crippen LogP contribution in [0.15, 0.2) is 30.5 Å². The van der Waals surface area contributed by atoms with Crippen LogP contribution >= 0.6 is 0 Å². The van der Waals surface area contributed by atoms with Crippen LogP contribution in [-0.2, 0) is 22.4 Å². The quantitative estimate of drug-likeness (QED) is 0.391. The molecule has 0 bridgehead atoms. The fraction of sp³-hybridized carbons (Fsp3) is 0.621. The number of fused-ring (bicyclic) bond motifs is 1. The van der Waals surface area contributed by atoms with Crippen molar-refractivity contribution in [3.05, 3.63) is 53.0 Å². The number of hydrogen-bond donors (Lipinski definition) is 1. The van der Waals surface area contributed by atoms with E-state index >= 15 is 8.78 Å². The van der Waals surface area contributed by atoms with Gasteiger partial charge in [0, 0.05) is 55.0 Å². The third kappa shape index (κ3) is 6.46. The minimum atomic E-state index is -2.74. The predicted octanol–water partition coefficient (Wildman–Crippen LogP) is 5.69. The molecule has 1 N–H and O–H groups in total. The van der Waals surface area contributed by atoms with Gasteiger partial charge in [0.1, 0.15) is 11.9 Å². The van der Waals surface area contributed by atoms with Crippen LogP contribution in [0.25, 0.3) is 0 Å². The monoisotopic (exact) mass is 512 g/mol. The number of likely N-dealkylation sites (tertiary alicyclic amines) is 1. The van der Waals surface area contributed by atoms with Crippen LogP contribution in [0.2, 0.25) is 0 Å². The van der Waals surface area contributed by atoms with E-state index in [-0.39, 0.29) is 24.7 Å². The summed E-state index contributed by atoms with van der Waals surface area (Å²) in [4.78, 5) is 24.3. The first-order valence-electron chi connectivity index (χ1n) is 13.9. The molecule has 200 valence electrons. The number of carbonyl (C=O) groups is 1. The Morgan fingerprint density at radius 3 is 2.95 bits per heavy atom. The number of pyridine rings is 2. The smallest absolute Gasteiger partial charge is 0.328 e. The van der Waals surface area contributed by atoms with Crippen molar-refractivity contribution in [2.45, 2.75) is 82.6 Å². The number of halogens is 2. The summed E-state index contributed by atoms with van der Waals surface area (Å²) in [5.41, 5.74) is 3.92. The van der Waals surface area contributed by atoms with Gasteiger partial charge in [0.15, 0.2) is 0 Å². The third-order valence-corrected chi connectivity index (χ3v) is 7.84. The summed E-state index contributed by atoms with van der Waals surface area (Å²) >= 11 is 0. The minimum Gasteiger partial charge on any atom is -0.465 e. The van der Waals surface area contributed by atoms with E-state index in [0.717, 1.165) is 55.0 Å². The van der Waals surface area contributed by atoms with E-state index in [1.54, 1.807) is 13.1 Å². The van der Waals surface area contributed by atoms with Crippen molar-refractivity contribution in [2.75, 3.05) is 31.6 Å². The van der Waals surface area contributed by atoms with E-state index in [2.05, 4.69) is 21.4 Å². The van der Waals surface area contributed by atoms with E-state index in [1.165, 1.54) is 5.56 Å². The molecule has 0 radical (unpaired) electrons. The first kappa shape index (κ1) is 26.0. The largest absolute Gasteiger partial charge is 0.465 e. The Hall–Kier alpha value is -2.61. The van der Waals surface area contributed by atoms with E-state index < -0.39 is 12.0 Å². The number of esters is 1. The number of aromatic nitrogens is 2. The Bertz CT molecular complexity index is 1090. The van der Waals surface area contributed by atoms with Crippen LogP contribution in [0.4, 0.5) is 14.6 Å². The molecule has 2 atom stereocenters. The zero-order chi connectivity index (χ0) is 25.8. The number of nitrogens with zero attached hydrogens (tertiary/aromatic N) is 3. The maximum absolute atomic E-state index is 15.0. The third-order valence-electron chi connectivity index (χ3n) is 7.84. The molecule has 2 unspecified atom stereocenters. The Kier molecular flexibility index (Phi) is 8.03. The lowest BCUT2D eigenvalue weighted by molar-refractivity contribution is -0.149. The molecule has 0 aromatic carbocycles. The van der Waals surface area contributed by atoms with Gasteiger partial charge in [-0.15, -0.1) is 0 Å². The van der Waals surface area contributed by atoms with Gasteiger partial charge in [0.05, 0.1) is 6.61 Å². The molecule has 0 spiro atoms. The highest BCUT2D eigenvalue weighted by atomic mass is 19.3. The fourth-order valence-corrected chi connectivity index (χ4v) is 5.88. The average Bonchev–Trinajstić information content (AvgIpc) is 3.64. The second-order valence-corrected chi connectivity index (χ2v) is 10.8. The first-order chi connectivity index (χ1) is 17.9. The summed E-state index contributed by atoms with van der Waals surface area (Å²) in [6, 6.07) is 7.28. The highest BCUT2D eigenvalue weighted by molar-refractivity contribution is 5.78. The molecule has 1 saturated heterocycles. The maximum Gasteiger partial charge on any atom is 0.328 e. The fourth-order valence-electron chi connectivity index (χ4n) is 5.88. The van der Waals surface area contributed by atoms with Gasteiger partial charge in [0.2, 0.25) is 5.92 Å². The molecule has 37 heavy (non-hydrogen) atoms. The minimum absolute atomic E-state index is 0.147. The van der Waals surface area contributed by atoms with Gasteiger partial charge in [-0.2, -0.15) is 0 Å². The van der Waals surface area contributed by atoms with Gasteiger partial charge in [-0.1, -0.05) is 12.1 Å². The number of nitrogens with one attached hydrogen (secondary N) is 1. The van der Waals surface area contributed by atoms with Gasteiger partial charge in [-0.05, 0) is 82.0 Å². The summed E-state index contributed by atoms with van der Waals surface area (Å²) in [6.45, 7) is 4.08. The van der Waals surface area contributed by atoms with Gasteiger partial charge in [-0.3, -0.25) is 9.88 Å². The number of ether oxygens (including phenoxy) is 1. The SMILES string of the molecule is CCOC(=O)C(c1cccnc1C1CC1)N1CCC(CC(F)(F)CCCc2ccc3c(n2)NCCC3)C1. The number of carbonyl (C=O) groups excluding carboxylic acids is 1. The highest BCUT2D eigenvalue weighted by Crippen LogP contribution is 2.44. The van der Waals surface area contributed by atoms with Crippen molar-refractivity contribution in [3.8, 4) is 0 Å². The molecule has 2 fully saturated rings. The van der Waals surface area contributed by atoms with Crippen LogP contribution in [0.5, 0.6) is 0 Å². The number of hydrogen-bond acceptors (Lipinski definition) is 6. The van der Waals surface area contributed by atoms with Crippen LogP contribution < -0.4 is 5.32 Å². The zero-order valence-electron chi connectivity index (χ0n) is 21.7. The standard InChI is InChI=1S/C29H38F2N4O2/c1-2-37-28(36)26(24-8-5-15-32-25(24)21-9-10-21)35-17-13-20(19-35)18-29(30,31)14-3-7-23-12-11-22-6-4-16-33-27(22)34-23/h5,8,11-12,15,20-21,26H,2-4,6-7,9-10,13-14,16-19H2,1H3,(H,33,34). The van der Waals surface area contributed by atoms with Crippen LogP contribution in [-0.4, -0.2) is 53.0 Å². The van der Waals surface area contributed by atoms with Crippen LogP contribution in [0.1, 0.15) is 86.3 Å². The van der Waals surface area contributed by atoms with E-state index in [9.17, 15) is 4.79 Å². The molecular weight excluding hydrogens is 474 g/mol. The number of rotatable bonds is 11. The van der Waals surface area contributed by atoms with Crippen molar-refractivity contribution in [1.82, 2.24) is 14.9 Å². The number of aryl methyl sites for hydroxylation is 2. The van der Waals surface area contributed by atoms with Crippen molar-refractivity contribution < 1.29 is 18.3 Å². The lowest BCUT2D eigenvalue weighted by Crippen LogP contribution is -2.35. The zero-order valence-corrected chi connectivity index (χ0v) is 21.7. The van der Waals surface area contributed by atoms with Gasteiger partial charge in [-0.25, -0.2) is 18.6 Å². The topological polar surface area (TPSA) is 67.3 Å². The Morgan fingerprint density at radius 1 is 1.27 bits per heavy atom. The molecule has 2 aromatic heterocycles. The summed E-state index contributed by atoms with van der Waals surface area (Å²) in [6.07, 6.45) is 7.35. The van der Waals surface area contributed by atoms with Crippen molar-refractivity contribution in [1.29, 1.82) is 0 Å². The summed E-state index contributed by atoms with van der Waals surface area (Å²) in [7, 11) is 0. The average molecular weight is 513 g/mol. The lowest BCUT2D eigenvalue weighted by atomic mass is 9.96. The Balaban J connectivity index is 1.18. The highest BCUT2D eigenvalue weighted by Gasteiger charge is 2.41. The molecule has 3 aliphatic rings. The Labute approximate surface area is 218 Å². The lowest BCUT2D eigenvalue weighted by Gasteiger charge is -2.28. The summed E-state index contributed by atoms with van der Waals surface area (Å²) in [5.74, 6) is -1.90. The van der Waals surface area contributed by atoms with Crippen LogP contribution in [0, 0.1) is 5.92 Å². The normalized spacial score (nSPS) is 20.8. The van der Waals surface area contributed by atoms with E-state index in [4.69, 9.17) is 4.74 Å². The van der Waals surface area contributed by atoms with Gasteiger partial charge < -0.3 is 10.1 Å². The van der Waals surface area contributed by atoms with Gasteiger partial charge >= 0.3 is 5.97 Å². The second-order valence-electron chi connectivity index (χ2n) is 10.8. The molecule has 5 rings (SSSR count).